The fourth-order valence-corrected chi connectivity index (χ4v) is 2.56. The third-order valence-corrected chi connectivity index (χ3v) is 3.70. The van der Waals surface area contributed by atoms with Crippen LogP contribution in [0, 0.1) is 5.92 Å². The minimum atomic E-state index is -0.0236. The highest BCUT2D eigenvalue weighted by Gasteiger charge is 2.21. The molecule has 0 saturated heterocycles. The summed E-state index contributed by atoms with van der Waals surface area (Å²) in [7, 11) is 0. The molecule has 0 amide bonds. The largest absolute Gasteiger partial charge is 0.398 e. The van der Waals surface area contributed by atoms with Gasteiger partial charge in [0.2, 0.25) is 0 Å². The number of hydrogen-bond acceptors (Lipinski definition) is 3. The molecule has 1 saturated carbocycles. The minimum absolute atomic E-state index is 0.0236. The summed E-state index contributed by atoms with van der Waals surface area (Å²) in [4.78, 5) is 11.6. The van der Waals surface area contributed by atoms with Gasteiger partial charge in [-0.15, -0.1) is 0 Å². The molecule has 100 valence electrons. The van der Waals surface area contributed by atoms with E-state index in [1.165, 1.54) is 25.3 Å². The molecule has 1 aromatic heterocycles. The highest BCUT2D eigenvalue weighted by Crippen LogP contribution is 2.26. The van der Waals surface area contributed by atoms with E-state index in [-0.39, 0.29) is 5.56 Å². The normalized spacial score (nSPS) is 24.1. The smallest absolute Gasteiger partial charge is 0.250 e. The van der Waals surface area contributed by atoms with Crippen molar-refractivity contribution >= 4 is 5.69 Å². The molecule has 2 rings (SSSR count). The second-order valence-corrected chi connectivity index (χ2v) is 5.17. The number of nitrogen functional groups attached to an aromatic ring is 1. The Labute approximate surface area is 108 Å². The predicted octanol–water partition coefficient (Wildman–Crippen LogP) is 2.03. The molecule has 0 spiro atoms. The highest BCUT2D eigenvalue weighted by atomic mass is 16.5. The number of aromatic nitrogens is 1. The van der Waals surface area contributed by atoms with Crippen LogP contribution in [0.4, 0.5) is 5.69 Å². The SMILES string of the molecule is CC1CCCCC1OCCn1cc(N)ccc1=O. The third kappa shape index (κ3) is 3.35. The Morgan fingerprint density at radius 2 is 2.17 bits per heavy atom. The maximum absolute atomic E-state index is 11.6. The lowest BCUT2D eigenvalue weighted by molar-refractivity contribution is -0.00861. The number of nitrogens with two attached hydrogens (primary N) is 1. The molecule has 18 heavy (non-hydrogen) atoms. The van der Waals surface area contributed by atoms with Crippen LogP contribution in [0.15, 0.2) is 23.1 Å². The molecule has 1 aliphatic rings. The summed E-state index contributed by atoms with van der Waals surface area (Å²) in [6.45, 7) is 3.40. The topological polar surface area (TPSA) is 57.2 Å². The second kappa shape index (κ2) is 6.05. The van der Waals surface area contributed by atoms with Gasteiger partial charge in [0.1, 0.15) is 0 Å². The van der Waals surface area contributed by atoms with Gasteiger partial charge in [-0.05, 0) is 24.8 Å². The number of nitrogens with zero attached hydrogens (tertiary/aromatic N) is 1. The van der Waals surface area contributed by atoms with E-state index in [1.54, 1.807) is 16.8 Å². The van der Waals surface area contributed by atoms with Crippen LogP contribution in [0.5, 0.6) is 0 Å². The molecule has 4 heteroatoms. The quantitative estimate of drug-likeness (QED) is 0.889. The number of ether oxygens (including phenoxy) is 1. The van der Waals surface area contributed by atoms with Gasteiger partial charge in [0.15, 0.2) is 0 Å². The van der Waals surface area contributed by atoms with Gasteiger partial charge in [-0.3, -0.25) is 4.79 Å². The monoisotopic (exact) mass is 250 g/mol. The second-order valence-electron chi connectivity index (χ2n) is 5.17. The van der Waals surface area contributed by atoms with Gasteiger partial charge in [0.25, 0.3) is 5.56 Å². The third-order valence-electron chi connectivity index (χ3n) is 3.70. The van der Waals surface area contributed by atoms with Gasteiger partial charge in [-0.2, -0.15) is 0 Å². The molecule has 1 aliphatic carbocycles. The minimum Gasteiger partial charge on any atom is -0.398 e. The molecule has 0 aliphatic heterocycles. The Bertz CT molecular complexity index is 442. The van der Waals surface area contributed by atoms with Crippen LogP contribution < -0.4 is 11.3 Å². The molecule has 2 N–H and O–H groups in total. The van der Waals surface area contributed by atoms with E-state index in [2.05, 4.69) is 6.92 Å². The molecular weight excluding hydrogens is 228 g/mol. The maximum Gasteiger partial charge on any atom is 0.250 e. The standard InChI is InChI=1S/C14H22N2O2/c1-11-4-2-3-5-13(11)18-9-8-16-10-12(15)6-7-14(16)17/h6-7,10-11,13H,2-5,8-9,15H2,1H3. The van der Waals surface area contributed by atoms with Gasteiger partial charge >= 0.3 is 0 Å². The van der Waals surface area contributed by atoms with Crippen molar-refractivity contribution < 1.29 is 4.74 Å². The Balaban J connectivity index is 1.84. The van der Waals surface area contributed by atoms with Gasteiger partial charge in [-0.25, -0.2) is 0 Å². The lowest BCUT2D eigenvalue weighted by Gasteiger charge is -2.28. The van der Waals surface area contributed by atoms with Crippen LogP contribution in [-0.4, -0.2) is 17.3 Å². The highest BCUT2D eigenvalue weighted by molar-refractivity contribution is 5.33. The fraction of sp³-hybridized carbons (Fsp3) is 0.643. The predicted molar refractivity (Wildman–Crippen MR) is 72.5 cm³/mol. The molecule has 1 heterocycles. The molecule has 0 radical (unpaired) electrons. The van der Waals surface area contributed by atoms with Gasteiger partial charge < -0.3 is 15.0 Å². The van der Waals surface area contributed by atoms with Crippen molar-refractivity contribution in [3.8, 4) is 0 Å². The van der Waals surface area contributed by atoms with Crippen molar-refractivity contribution in [2.45, 2.75) is 45.3 Å². The summed E-state index contributed by atoms with van der Waals surface area (Å²) in [5.74, 6) is 0.635. The Hall–Kier alpha value is -1.29. The average molecular weight is 250 g/mol. The lowest BCUT2D eigenvalue weighted by Crippen LogP contribution is -2.28. The summed E-state index contributed by atoms with van der Waals surface area (Å²) in [5, 5.41) is 0. The molecule has 0 bridgehead atoms. The van der Waals surface area contributed by atoms with E-state index in [1.807, 2.05) is 0 Å². The summed E-state index contributed by atoms with van der Waals surface area (Å²) >= 11 is 0. The molecule has 0 aromatic carbocycles. The molecule has 4 nitrogen and oxygen atoms in total. The van der Waals surface area contributed by atoms with E-state index in [9.17, 15) is 4.79 Å². The van der Waals surface area contributed by atoms with Crippen molar-refractivity contribution in [3.05, 3.63) is 28.7 Å². The first-order chi connectivity index (χ1) is 8.66. The molecular formula is C14H22N2O2. The molecule has 1 fully saturated rings. The lowest BCUT2D eigenvalue weighted by atomic mass is 9.88. The van der Waals surface area contributed by atoms with Crippen LogP contribution >= 0.6 is 0 Å². The van der Waals surface area contributed by atoms with E-state index in [4.69, 9.17) is 10.5 Å². The fourth-order valence-electron chi connectivity index (χ4n) is 2.56. The Morgan fingerprint density at radius 1 is 1.39 bits per heavy atom. The molecule has 2 atom stereocenters. The summed E-state index contributed by atoms with van der Waals surface area (Å²) in [6.07, 6.45) is 7.00. The van der Waals surface area contributed by atoms with E-state index in [0.717, 1.165) is 6.42 Å². The molecule has 2 unspecified atom stereocenters. The van der Waals surface area contributed by atoms with Crippen molar-refractivity contribution in [1.82, 2.24) is 4.57 Å². The zero-order valence-electron chi connectivity index (χ0n) is 11.0. The van der Waals surface area contributed by atoms with E-state index >= 15 is 0 Å². The zero-order chi connectivity index (χ0) is 13.0. The van der Waals surface area contributed by atoms with Crippen LogP contribution in [-0.2, 0) is 11.3 Å². The zero-order valence-corrected chi connectivity index (χ0v) is 11.0. The van der Waals surface area contributed by atoms with Crippen molar-refractivity contribution in [2.75, 3.05) is 12.3 Å². The summed E-state index contributed by atoms with van der Waals surface area (Å²) < 4.78 is 7.51. The first kappa shape index (κ1) is 13.1. The van der Waals surface area contributed by atoms with Gasteiger partial charge in [0, 0.05) is 24.5 Å². The maximum atomic E-state index is 11.6. The Morgan fingerprint density at radius 3 is 2.94 bits per heavy atom. The number of hydrogen-bond donors (Lipinski definition) is 1. The summed E-state index contributed by atoms with van der Waals surface area (Å²) in [5.41, 5.74) is 6.25. The van der Waals surface area contributed by atoms with Crippen LogP contribution in [0.3, 0.4) is 0 Å². The average Bonchev–Trinajstić information content (AvgIpc) is 2.36. The van der Waals surface area contributed by atoms with Crippen LogP contribution in [0.2, 0.25) is 0 Å². The number of anilines is 1. The first-order valence-corrected chi connectivity index (χ1v) is 6.74. The van der Waals surface area contributed by atoms with Crippen molar-refractivity contribution in [1.29, 1.82) is 0 Å². The van der Waals surface area contributed by atoms with Crippen LogP contribution in [0.1, 0.15) is 32.6 Å². The van der Waals surface area contributed by atoms with Gasteiger partial charge in [0.05, 0.1) is 12.7 Å². The number of rotatable bonds is 4. The molecule has 1 aromatic rings. The Kier molecular flexibility index (Phi) is 4.42. The first-order valence-electron chi connectivity index (χ1n) is 6.74. The summed E-state index contributed by atoms with van der Waals surface area (Å²) in [6, 6.07) is 3.13. The van der Waals surface area contributed by atoms with Crippen molar-refractivity contribution in [3.63, 3.8) is 0 Å². The van der Waals surface area contributed by atoms with E-state index in [0.29, 0.717) is 30.9 Å². The van der Waals surface area contributed by atoms with Crippen molar-refractivity contribution in [2.24, 2.45) is 5.92 Å². The number of pyridine rings is 1. The van der Waals surface area contributed by atoms with Gasteiger partial charge in [-0.1, -0.05) is 19.8 Å². The van der Waals surface area contributed by atoms with E-state index < -0.39 is 0 Å². The van der Waals surface area contributed by atoms with Crippen LogP contribution in [0.25, 0.3) is 0 Å².